The van der Waals surface area contributed by atoms with E-state index in [1.807, 2.05) is 6.92 Å². The molecule has 0 spiro atoms. The number of carbonyl (C=O) groups is 1. The van der Waals surface area contributed by atoms with Crippen molar-refractivity contribution in [2.24, 2.45) is 11.8 Å². The molecule has 0 bridgehead atoms. The van der Waals surface area contributed by atoms with E-state index in [-0.39, 0.29) is 12.7 Å². The molecule has 0 saturated heterocycles. The molecule has 1 saturated carbocycles. The molecule has 0 aromatic carbocycles. The van der Waals surface area contributed by atoms with Crippen molar-refractivity contribution in [3.8, 4) is 0 Å². The minimum absolute atomic E-state index is 0.154. The van der Waals surface area contributed by atoms with Gasteiger partial charge in [0.1, 0.15) is 0 Å². The number of hydrogen-bond donors (Lipinski definition) is 2. The first-order valence-corrected chi connectivity index (χ1v) is 16.9. The van der Waals surface area contributed by atoms with E-state index in [0.717, 1.165) is 25.2 Å². The van der Waals surface area contributed by atoms with Gasteiger partial charge in [-0.15, -0.1) is 11.8 Å². The van der Waals surface area contributed by atoms with Crippen molar-refractivity contribution < 1.29 is 29.0 Å². The second-order valence-electron chi connectivity index (χ2n) is 10.9. The summed E-state index contributed by atoms with van der Waals surface area (Å²) in [5.74, 6) is 0.503. The maximum atomic E-state index is 11.8. The highest BCUT2D eigenvalue weighted by atomic mass is 32.2. The van der Waals surface area contributed by atoms with E-state index >= 15 is 0 Å². The highest BCUT2D eigenvalue weighted by Crippen LogP contribution is 2.38. The Morgan fingerprint density at radius 1 is 0.946 bits per heavy atom. The quantitative estimate of drug-likeness (QED) is 0.0692. The molecule has 4 atom stereocenters. The number of thioether (sulfide) groups is 1. The topological polar surface area (TPSA) is 93.1 Å². The van der Waals surface area contributed by atoms with Crippen molar-refractivity contribution in [2.75, 3.05) is 19.0 Å². The van der Waals surface area contributed by atoms with Gasteiger partial charge in [-0.1, -0.05) is 110 Å². The van der Waals surface area contributed by atoms with Crippen LogP contribution in [0.25, 0.3) is 0 Å². The number of carboxylic acids is 1. The standard InChI is InChI=1S/C29H55O6PS/c1-4-6-8-9-10-11-12-16-21-34-24(3)23-35-28(29(32,36-33)27(30)31)37-22-20-26(17-7-5-2)25-18-14-13-15-19-25/h24-26,28,32H,4-23H2,1-3H3,(H,30,31). The smallest absolute Gasteiger partial charge is 0.351 e. The number of carboxylic acid groups (broad SMARTS) is 1. The second-order valence-corrected chi connectivity index (χ2v) is 12.9. The molecule has 37 heavy (non-hydrogen) atoms. The summed E-state index contributed by atoms with van der Waals surface area (Å²) in [7, 11) is -0.855. The molecule has 1 aliphatic rings. The lowest BCUT2D eigenvalue weighted by atomic mass is 9.77. The Morgan fingerprint density at radius 2 is 1.57 bits per heavy atom. The lowest BCUT2D eigenvalue weighted by molar-refractivity contribution is -0.157. The molecule has 218 valence electrons. The van der Waals surface area contributed by atoms with E-state index in [1.165, 1.54) is 102 Å². The van der Waals surface area contributed by atoms with Crippen molar-refractivity contribution >= 4 is 26.2 Å². The molecule has 1 aliphatic carbocycles. The third-order valence-corrected chi connectivity index (χ3v) is 9.80. The predicted octanol–water partition coefficient (Wildman–Crippen LogP) is 8.45. The molecule has 2 N–H and O–H groups in total. The predicted molar refractivity (Wildman–Crippen MR) is 155 cm³/mol. The number of unbranched alkanes of at least 4 members (excludes halogenated alkanes) is 8. The highest BCUT2D eigenvalue weighted by Gasteiger charge is 2.47. The lowest BCUT2D eigenvalue weighted by Gasteiger charge is -2.32. The molecule has 0 radical (unpaired) electrons. The fourth-order valence-corrected chi connectivity index (χ4v) is 7.02. The van der Waals surface area contributed by atoms with E-state index in [4.69, 9.17) is 9.47 Å². The largest absolute Gasteiger partial charge is 0.478 e. The average molecular weight is 563 g/mol. The van der Waals surface area contributed by atoms with Crippen molar-refractivity contribution in [3.63, 3.8) is 0 Å². The fourth-order valence-electron chi connectivity index (χ4n) is 5.27. The molecule has 0 aromatic rings. The Kier molecular flexibility index (Phi) is 20.3. The van der Waals surface area contributed by atoms with Crippen LogP contribution in [0.15, 0.2) is 0 Å². The highest BCUT2D eigenvalue weighted by molar-refractivity contribution is 8.00. The van der Waals surface area contributed by atoms with Gasteiger partial charge in [-0.3, -0.25) is 4.57 Å². The first kappa shape index (κ1) is 34.8. The Bertz CT molecular complexity index is 589. The van der Waals surface area contributed by atoms with Gasteiger partial charge in [0, 0.05) is 6.61 Å². The third-order valence-electron chi connectivity index (χ3n) is 7.67. The van der Waals surface area contributed by atoms with Gasteiger partial charge < -0.3 is 19.7 Å². The first-order chi connectivity index (χ1) is 17.9. The SMILES string of the molecule is CCCCCCCCCCOC(C)COC(SCCC(CCCC)C1CCCCC1)C(O)(P=O)C(=O)O. The van der Waals surface area contributed by atoms with Gasteiger partial charge in [0.25, 0.3) is 5.34 Å². The summed E-state index contributed by atoms with van der Waals surface area (Å²) in [6.45, 7) is 7.13. The second kappa shape index (κ2) is 21.6. The zero-order valence-corrected chi connectivity index (χ0v) is 25.5. The molecule has 6 nitrogen and oxygen atoms in total. The molecule has 0 amide bonds. The number of aliphatic carboxylic acids is 1. The zero-order chi connectivity index (χ0) is 27.4. The zero-order valence-electron chi connectivity index (χ0n) is 23.8. The van der Waals surface area contributed by atoms with Crippen LogP contribution in [0.4, 0.5) is 0 Å². The Labute approximate surface area is 232 Å². The Balaban J connectivity index is 2.50. The van der Waals surface area contributed by atoms with E-state index in [2.05, 4.69) is 13.8 Å². The minimum atomic E-state index is -2.47. The summed E-state index contributed by atoms with van der Waals surface area (Å²) in [5.41, 5.74) is -1.11. The van der Waals surface area contributed by atoms with E-state index < -0.39 is 25.2 Å². The van der Waals surface area contributed by atoms with Crippen LogP contribution < -0.4 is 0 Å². The summed E-state index contributed by atoms with van der Waals surface area (Å²) in [6, 6.07) is 0. The summed E-state index contributed by atoms with van der Waals surface area (Å²) >= 11 is 1.28. The van der Waals surface area contributed by atoms with Crippen molar-refractivity contribution in [1.82, 2.24) is 0 Å². The molecular weight excluding hydrogens is 507 g/mol. The minimum Gasteiger partial charge on any atom is -0.478 e. The summed E-state index contributed by atoms with van der Waals surface area (Å²) < 4.78 is 23.5. The van der Waals surface area contributed by atoms with E-state index in [9.17, 15) is 19.6 Å². The maximum Gasteiger partial charge on any atom is 0.351 e. The summed E-state index contributed by atoms with van der Waals surface area (Å²) in [4.78, 5) is 11.8. The number of rotatable bonds is 24. The van der Waals surface area contributed by atoms with Crippen LogP contribution in [-0.4, -0.2) is 52.0 Å². The Hall–Kier alpha value is -0.200. The number of hydrogen-bond acceptors (Lipinski definition) is 6. The molecule has 0 aliphatic heterocycles. The van der Waals surface area contributed by atoms with Gasteiger partial charge in [-0.25, -0.2) is 4.79 Å². The van der Waals surface area contributed by atoms with Crippen LogP contribution in [0.5, 0.6) is 0 Å². The van der Waals surface area contributed by atoms with Crippen LogP contribution in [0, 0.1) is 11.8 Å². The van der Waals surface area contributed by atoms with Gasteiger partial charge >= 0.3 is 5.97 Å². The van der Waals surface area contributed by atoms with Crippen molar-refractivity contribution in [2.45, 2.75) is 147 Å². The molecule has 0 aromatic heterocycles. The molecule has 1 fully saturated rings. The molecule has 1 rings (SSSR count). The Morgan fingerprint density at radius 3 is 2.16 bits per heavy atom. The summed E-state index contributed by atoms with van der Waals surface area (Å²) in [5, 5.41) is 17.8. The maximum absolute atomic E-state index is 11.8. The van der Waals surface area contributed by atoms with Gasteiger partial charge in [0.15, 0.2) is 5.44 Å². The first-order valence-electron chi connectivity index (χ1n) is 15.0. The monoisotopic (exact) mass is 562 g/mol. The van der Waals surface area contributed by atoms with Crippen LogP contribution in [0.1, 0.15) is 130 Å². The summed E-state index contributed by atoms with van der Waals surface area (Å²) in [6.07, 6.45) is 20.7. The van der Waals surface area contributed by atoms with Gasteiger partial charge in [0.2, 0.25) is 8.46 Å². The van der Waals surface area contributed by atoms with Crippen LogP contribution in [0.3, 0.4) is 0 Å². The molecular formula is C29H55O6PS. The number of ether oxygens (including phenoxy) is 2. The van der Waals surface area contributed by atoms with E-state index in [1.54, 1.807) is 0 Å². The fraction of sp³-hybridized carbons (Fsp3) is 0.966. The van der Waals surface area contributed by atoms with Gasteiger partial charge in [0.05, 0.1) is 12.7 Å². The van der Waals surface area contributed by atoms with Crippen LogP contribution >= 0.6 is 20.2 Å². The number of aliphatic hydroxyl groups is 1. The van der Waals surface area contributed by atoms with Crippen molar-refractivity contribution in [3.05, 3.63) is 0 Å². The molecule has 4 unspecified atom stereocenters. The van der Waals surface area contributed by atoms with Crippen LogP contribution in [-0.2, 0) is 18.8 Å². The molecule has 0 heterocycles. The lowest BCUT2D eigenvalue weighted by Crippen LogP contribution is -2.45. The van der Waals surface area contributed by atoms with Gasteiger partial charge in [-0.2, -0.15) is 0 Å². The average Bonchev–Trinajstić information content (AvgIpc) is 2.91. The van der Waals surface area contributed by atoms with E-state index in [0.29, 0.717) is 18.3 Å². The third kappa shape index (κ3) is 14.7. The van der Waals surface area contributed by atoms with Crippen LogP contribution in [0.2, 0.25) is 0 Å². The normalized spacial score (nSPS) is 18.9. The van der Waals surface area contributed by atoms with Gasteiger partial charge in [-0.05, 0) is 37.4 Å². The van der Waals surface area contributed by atoms with Crippen molar-refractivity contribution in [1.29, 1.82) is 0 Å². The molecule has 8 heteroatoms.